The summed E-state index contributed by atoms with van der Waals surface area (Å²) in [6, 6.07) is 9.70. The van der Waals surface area contributed by atoms with Crippen LogP contribution in [0.25, 0.3) is 22.2 Å². The first-order valence-electron chi connectivity index (χ1n) is 6.59. The van der Waals surface area contributed by atoms with Gasteiger partial charge in [0.15, 0.2) is 0 Å². The van der Waals surface area contributed by atoms with Crippen molar-refractivity contribution >= 4 is 33.3 Å². The fourth-order valence-electron chi connectivity index (χ4n) is 2.20. The highest BCUT2D eigenvalue weighted by atomic mass is 32.1. The summed E-state index contributed by atoms with van der Waals surface area (Å²) in [6.07, 6.45) is 5.33. The maximum Gasteiger partial charge on any atom is 0.210 e. The van der Waals surface area contributed by atoms with Gasteiger partial charge >= 0.3 is 0 Å². The lowest BCUT2D eigenvalue weighted by Gasteiger charge is -2.07. The Bertz CT molecular complexity index is 908. The van der Waals surface area contributed by atoms with E-state index in [1.54, 1.807) is 24.1 Å². The molecule has 4 aromatic heterocycles. The Hall–Kier alpha value is -2.93. The molecule has 0 spiro atoms. The van der Waals surface area contributed by atoms with Crippen molar-refractivity contribution in [2.24, 2.45) is 0 Å². The smallest absolute Gasteiger partial charge is 0.210 e. The number of anilines is 2. The van der Waals surface area contributed by atoms with E-state index in [9.17, 15) is 0 Å². The molecule has 6 nitrogen and oxygen atoms in total. The number of pyridine rings is 3. The van der Waals surface area contributed by atoms with Crippen LogP contribution in [0.4, 0.5) is 10.9 Å². The molecule has 0 aliphatic rings. The SMILES string of the molecule is c1cc(-c2ccnc3ccc(Nc4nncs4)nc23)ccn1. The van der Waals surface area contributed by atoms with E-state index in [4.69, 9.17) is 0 Å². The summed E-state index contributed by atoms with van der Waals surface area (Å²) < 4.78 is 0. The molecule has 106 valence electrons. The Morgan fingerprint density at radius 1 is 0.955 bits per heavy atom. The van der Waals surface area contributed by atoms with E-state index in [2.05, 4.69) is 30.5 Å². The fourth-order valence-corrected chi connectivity index (χ4v) is 2.65. The lowest BCUT2D eigenvalue weighted by molar-refractivity contribution is 1.09. The van der Waals surface area contributed by atoms with Crippen LogP contribution in [0.2, 0.25) is 0 Å². The third kappa shape index (κ3) is 2.38. The molecule has 0 saturated carbocycles. The largest absolute Gasteiger partial charge is 0.315 e. The Balaban J connectivity index is 1.84. The quantitative estimate of drug-likeness (QED) is 0.626. The van der Waals surface area contributed by atoms with Crippen LogP contribution in [-0.4, -0.2) is 25.1 Å². The molecule has 4 heterocycles. The molecule has 0 amide bonds. The lowest BCUT2D eigenvalue weighted by Crippen LogP contribution is -1.95. The van der Waals surface area contributed by atoms with Gasteiger partial charge in [0.25, 0.3) is 0 Å². The van der Waals surface area contributed by atoms with Gasteiger partial charge in [0.05, 0.1) is 11.0 Å². The molecule has 22 heavy (non-hydrogen) atoms. The minimum Gasteiger partial charge on any atom is -0.315 e. The van der Waals surface area contributed by atoms with E-state index in [1.807, 2.05) is 30.3 Å². The summed E-state index contributed by atoms with van der Waals surface area (Å²) in [6.45, 7) is 0. The first kappa shape index (κ1) is 12.8. The van der Waals surface area contributed by atoms with Crippen molar-refractivity contribution in [2.45, 2.75) is 0 Å². The number of hydrogen-bond acceptors (Lipinski definition) is 7. The van der Waals surface area contributed by atoms with Crippen LogP contribution in [0.15, 0.2) is 54.4 Å². The summed E-state index contributed by atoms with van der Waals surface area (Å²) in [5, 5.41) is 11.6. The zero-order valence-corrected chi connectivity index (χ0v) is 12.2. The number of nitrogens with zero attached hydrogens (tertiary/aromatic N) is 5. The first-order chi connectivity index (χ1) is 10.9. The molecular weight excluding hydrogens is 296 g/mol. The summed E-state index contributed by atoms with van der Waals surface area (Å²) in [4.78, 5) is 13.1. The van der Waals surface area contributed by atoms with Crippen molar-refractivity contribution in [1.29, 1.82) is 0 Å². The van der Waals surface area contributed by atoms with E-state index in [0.29, 0.717) is 10.9 Å². The molecule has 0 unspecified atom stereocenters. The van der Waals surface area contributed by atoms with Crippen LogP contribution in [0.1, 0.15) is 0 Å². The van der Waals surface area contributed by atoms with E-state index in [1.165, 1.54) is 11.3 Å². The fraction of sp³-hybridized carbons (Fsp3) is 0. The number of rotatable bonds is 3. The molecule has 0 aliphatic carbocycles. The van der Waals surface area contributed by atoms with Gasteiger partial charge in [-0.05, 0) is 35.9 Å². The van der Waals surface area contributed by atoms with Crippen molar-refractivity contribution in [3.8, 4) is 11.1 Å². The summed E-state index contributed by atoms with van der Waals surface area (Å²) in [7, 11) is 0. The van der Waals surface area contributed by atoms with E-state index in [0.717, 1.165) is 22.2 Å². The minimum absolute atomic E-state index is 0.709. The predicted octanol–water partition coefficient (Wildman–Crippen LogP) is 3.29. The molecule has 0 radical (unpaired) electrons. The number of fused-ring (bicyclic) bond motifs is 1. The number of hydrogen-bond donors (Lipinski definition) is 1. The van der Waals surface area contributed by atoms with Gasteiger partial charge in [-0.1, -0.05) is 11.3 Å². The van der Waals surface area contributed by atoms with Crippen LogP contribution in [0.3, 0.4) is 0 Å². The highest BCUT2D eigenvalue weighted by Crippen LogP contribution is 2.27. The third-order valence-electron chi connectivity index (χ3n) is 3.17. The van der Waals surface area contributed by atoms with Crippen LogP contribution >= 0.6 is 11.3 Å². The Kier molecular flexibility index (Phi) is 3.17. The second-order valence-corrected chi connectivity index (χ2v) is 5.36. The van der Waals surface area contributed by atoms with Gasteiger partial charge < -0.3 is 5.32 Å². The van der Waals surface area contributed by atoms with Crippen molar-refractivity contribution in [2.75, 3.05) is 5.32 Å². The lowest BCUT2D eigenvalue weighted by atomic mass is 10.1. The summed E-state index contributed by atoms with van der Waals surface area (Å²) in [5.74, 6) is 0.715. The molecule has 4 rings (SSSR count). The van der Waals surface area contributed by atoms with Crippen LogP contribution in [0, 0.1) is 0 Å². The van der Waals surface area contributed by atoms with Crippen LogP contribution in [0.5, 0.6) is 0 Å². The van der Waals surface area contributed by atoms with Crippen LogP contribution in [-0.2, 0) is 0 Å². The summed E-state index contributed by atoms with van der Waals surface area (Å²) in [5.41, 5.74) is 5.43. The van der Waals surface area contributed by atoms with E-state index >= 15 is 0 Å². The Labute approximate surface area is 129 Å². The van der Waals surface area contributed by atoms with Gasteiger partial charge in [0.1, 0.15) is 11.3 Å². The molecule has 0 fully saturated rings. The topological polar surface area (TPSA) is 76.5 Å². The van der Waals surface area contributed by atoms with E-state index in [-0.39, 0.29) is 0 Å². The highest BCUT2D eigenvalue weighted by Gasteiger charge is 2.08. The van der Waals surface area contributed by atoms with E-state index < -0.39 is 0 Å². The van der Waals surface area contributed by atoms with Gasteiger partial charge in [-0.3, -0.25) is 9.97 Å². The molecule has 0 aliphatic heterocycles. The zero-order valence-electron chi connectivity index (χ0n) is 11.3. The molecule has 0 atom stereocenters. The maximum atomic E-state index is 4.67. The standard InChI is InChI=1S/C15H10N6S/c1-2-13(20-15-21-18-9-22-15)19-14-11(5-8-17-12(1)14)10-3-6-16-7-4-10/h1-9H,(H,19,20,21). The van der Waals surface area contributed by atoms with Crippen molar-refractivity contribution in [3.05, 3.63) is 54.4 Å². The zero-order chi connectivity index (χ0) is 14.8. The second-order valence-electron chi connectivity index (χ2n) is 4.53. The minimum atomic E-state index is 0.709. The normalized spacial score (nSPS) is 10.7. The van der Waals surface area contributed by atoms with Gasteiger partial charge in [0, 0.05) is 24.2 Å². The third-order valence-corrected chi connectivity index (χ3v) is 3.78. The second kappa shape index (κ2) is 5.45. The highest BCUT2D eigenvalue weighted by molar-refractivity contribution is 7.13. The number of nitrogens with one attached hydrogen (secondary N) is 1. The maximum absolute atomic E-state index is 4.67. The molecule has 4 aromatic rings. The molecular formula is C15H10N6S. The van der Waals surface area contributed by atoms with Gasteiger partial charge in [-0.15, -0.1) is 10.2 Å². The monoisotopic (exact) mass is 306 g/mol. The van der Waals surface area contributed by atoms with Gasteiger partial charge in [-0.25, -0.2) is 4.98 Å². The van der Waals surface area contributed by atoms with Gasteiger partial charge in [-0.2, -0.15) is 0 Å². The Morgan fingerprint density at radius 3 is 2.68 bits per heavy atom. The predicted molar refractivity (Wildman–Crippen MR) is 86.0 cm³/mol. The average molecular weight is 306 g/mol. The molecule has 0 aromatic carbocycles. The van der Waals surface area contributed by atoms with Crippen LogP contribution < -0.4 is 5.32 Å². The van der Waals surface area contributed by atoms with Crippen molar-refractivity contribution in [1.82, 2.24) is 25.1 Å². The van der Waals surface area contributed by atoms with Crippen molar-refractivity contribution < 1.29 is 0 Å². The van der Waals surface area contributed by atoms with Gasteiger partial charge in [0.2, 0.25) is 5.13 Å². The first-order valence-corrected chi connectivity index (χ1v) is 7.47. The van der Waals surface area contributed by atoms with Crippen molar-refractivity contribution in [3.63, 3.8) is 0 Å². The average Bonchev–Trinajstić information content (AvgIpc) is 3.08. The summed E-state index contributed by atoms with van der Waals surface area (Å²) >= 11 is 1.43. The number of aromatic nitrogens is 5. The Morgan fingerprint density at radius 2 is 1.86 bits per heavy atom. The molecule has 0 bridgehead atoms. The molecule has 7 heteroatoms. The molecule has 1 N–H and O–H groups in total. The molecule has 0 saturated heterocycles.